The normalized spacial score (nSPS) is 11.5. The molecular weight excluding hydrogens is 404 g/mol. The van der Waals surface area contributed by atoms with E-state index in [-0.39, 0.29) is 0 Å². The lowest BCUT2D eigenvalue weighted by Crippen LogP contribution is -2.19. The van der Waals surface area contributed by atoms with Gasteiger partial charge in [0.05, 0.1) is 0 Å². The van der Waals surface area contributed by atoms with Crippen LogP contribution in [0.1, 0.15) is 56.9 Å². The summed E-state index contributed by atoms with van der Waals surface area (Å²) in [6.45, 7) is 7.38. The Balaban J connectivity index is 1.22. The molecule has 0 aromatic heterocycles. The second-order valence-corrected chi connectivity index (χ2v) is 9.09. The highest BCUT2D eigenvalue weighted by molar-refractivity contribution is 6.02. The lowest BCUT2D eigenvalue weighted by atomic mass is 9.97. The molecular formula is C29H44N4. The van der Waals surface area contributed by atoms with E-state index in [4.69, 9.17) is 5.73 Å². The molecule has 0 saturated carbocycles. The van der Waals surface area contributed by atoms with Crippen molar-refractivity contribution in [1.29, 1.82) is 0 Å². The van der Waals surface area contributed by atoms with Crippen LogP contribution in [-0.2, 0) is 6.54 Å². The summed E-state index contributed by atoms with van der Waals surface area (Å²) in [6, 6.07) is 19.8. The monoisotopic (exact) mass is 448 g/mol. The van der Waals surface area contributed by atoms with E-state index in [1.54, 1.807) is 0 Å². The van der Waals surface area contributed by atoms with Crippen LogP contribution in [0, 0.1) is 0 Å². The fourth-order valence-electron chi connectivity index (χ4n) is 4.51. The Kier molecular flexibility index (Phi) is 12.3. The molecule has 0 aliphatic heterocycles. The molecule has 5 N–H and O–H groups in total. The number of benzene rings is 3. The SMILES string of the molecule is NCCCCNCCCCCNCCCCCNCc1c2ccccc2cc2ccccc12. The number of hydrogen-bond acceptors (Lipinski definition) is 4. The summed E-state index contributed by atoms with van der Waals surface area (Å²) in [4.78, 5) is 0. The van der Waals surface area contributed by atoms with Crippen molar-refractivity contribution in [2.45, 2.75) is 57.9 Å². The molecule has 4 nitrogen and oxygen atoms in total. The van der Waals surface area contributed by atoms with E-state index in [1.807, 2.05) is 0 Å². The molecule has 3 aromatic rings. The molecule has 0 heterocycles. The molecule has 0 aliphatic carbocycles. The van der Waals surface area contributed by atoms with Gasteiger partial charge in [0.15, 0.2) is 0 Å². The molecule has 0 spiro atoms. The first-order valence-electron chi connectivity index (χ1n) is 13.1. The summed E-state index contributed by atoms with van der Waals surface area (Å²) in [6.07, 6.45) is 9.99. The van der Waals surface area contributed by atoms with Gasteiger partial charge in [-0.15, -0.1) is 0 Å². The van der Waals surface area contributed by atoms with Gasteiger partial charge in [0.2, 0.25) is 0 Å². The summed E-state index contributed by atoms with van der Waals surface area (Å²) in [7, 11) is 0. The average Bonchev–Trinajstić information content (AvgIpc) is 2.85. The second-order valence-electron chi connectivity index (χ2n) is 9.09. The fraction of sp³-hybridized carbons (Fsp3) is 0.517. The maximum Gasteiger partial charge on any atom is 0.0217 e. The Morgan fingerprint density at radius 1 is 0.515 bits per heavy atom. The second kappa shape index (κ2) is 15.8. The lowest BCUT2D eigenvalue weighted by Gasteiger charge is -2.12. The minimum Gasteiger partial charge on any atom is -0.330 e. The zero-order chi connectivity index (χ0) is 23.0. The van der Waals surface area contributed by atoms with Crippen LogP contribution in [0.2, 0.25) is 0 Å². The van der Waals surface area contributed by atoms with E-state index in [0.29, 0.717) is 0 Å². The van der Waals surface area contributed by atoms with Crippen LogP contribution in [0.25, 0.3) is 21.5 Å². The van der Waals surface area contributed by atoms with Crippen molar-refractivity contribution in [3.05, 3.63) is 60.2 Å². The standard InChI is InChI=1S/C29H44N4/c30-17-7-12-21-32-20-9-1-8-18-31-19-10-2-11-22-33-24-29-27-15-5-3-13-25(27)23-26-14-4-6-16-28(26)29/h3-6,13-16,23,31-33H,1-2,7-12,17-22,24,30H2. The zero-order valence-corrected chi connectivity index (χ0v) is 20.4. The Morgan fingerprint density at radius 3 is 1.48 bits per heavy atom. The van der Waals surface area contributed by atoms with Crippen molar-refractivity contribution in [2.75, 3.05) is 39.3 Å². The highest BCUT2D eigenvalue weighted by Gasteiger charge is 2.06. The lowest BCUT2D eigenvalue weighted by molar-refractivity contribution is 0.541. The Bertz CT molecular complexity index is 870. The third-order valence-corrected chi connectivity index (χ3v) is 6.41. The third kappa shape index (κ3) is 9.05. The Labute approximate surface area is 200 Å². The van der Waals surface area contributed by atoms with Gasteiger partial charge in [-0.3, -0.25) is 0 Å². The Morgan fingerprint density at radius 2 is 0.970 bits per heavy atom. The van der Waals surface area contributed by atoms with Gasteiger partial charge >= 0.3 is 0 Å². The van der Waals surface area contributed by atoms with Crippen molar-refractivity contribution >= 4 is 21.5 Å². The van der Waals surface area contributed by atoms with Crippen LogP contribution in [0.15, 0.2) is 54.6 Å². The van der Waals surface area contributed by atoms with Crippen molar-refractivity contribution in [2.24, 2.45) is 5.73 Å². The summed E-state index contributed by atoms with van der Waals surface area (Å²) < 4.78 is 0. The maximum absolute atomic E-state index is 5.51. The number of nitrogens with one attached hydrogen (secondary N) is 3. The summed E-state index contributed by atoms with van der Waals surface area (Å²) in [5.41, 5.74) is 6.93. The molecule has 0 saturated heterocycles. The van der Waals surface area contributed by atoms with Crippen LogP contribution in [0.3, 0.4) is 0 Å². The molecule has 3 aromatic carbocycles. The van der Waals surface area contributed by atoms with Crippen LogP contribution < -0.4 is 21.7 Å². The predicted molar refractivity (Wildman–Crippen MR) is 145 cm³/mol. The van der Waals surface area contributed by atoms with Crippen LogP contribution in [-0.4, -0.2) is 39.3 Å². The van der Waals surface area contributed by atoms with Crippen LogP contribution in [0.5, 0.6) is 0 Å². The van der Waals surface area contributed by atoms with E-state index in [2.05, 4.69) is 70.5 Å². The molecule has 4 heteroatoms. The van der Waals surface area contributed by atoms with Gasteiger partial charge < -0.3 is 21.7 Å². The minimum absolute atomic E-state index is 0.812. The molecule has 0 atom stereocenters. The number of fused-ring (bicyclic) bond motifs is 2. The molecule has 0 fully saturated rings. The van der Waals surface area contributed by atoms with E-state index >= 15 is 0 Å². The van der Waals surface area contributed by atoms with Crippen LogP contribution >= 0.6 is 0 Å². The molecule has 3 rings (SSSR count). The van der Waals surface area contributed by atoms with Gasteiger partial charge in [0.1, 0.15) is 0 Å². The first kappa shape index (κ1) is 25.6. The molecule has 0 aliphatic rings. The fourth-order valence-corrected chi connectivity index (χ4v) is 4.51. The van der Waals surface area contributed by atoms with E-state index in [0.717, 1.165) is 52.2 Å². The Hall–Kier alpha value is -1.98. The molecule has 0 radical (unpaired) electrons. The van der Waals surface area contributed by atoms with Crippen LogP contribution in [0.4, 0.5) is 0 Å². The smallest absolute Gasteiger partial charge is 0.0217 e. The molecule has 0 unspecified atom stereocenters. The maximum atomic E-state index is 5.51. The minimum atomic E-state index is 0.812. The molecule has 0 bridgehead atoms. The van der Waals surface area contributed by atoms with Crippen molar-refractivity contribution in [3.63, 3.8) is 0 Å². The topological polar surface area (TPSA) is 62.1 Å². The van der Waals surface area contributed by atoms with E-state index in [1.165, 1.54) is 72.1 Å². The first-order chi connectivity index (χ1) is 16.4. The van der Waals surface area contributed by atoms with Gasteiger partial charge in [0.25, 0.3) is 0 Å². The number of nitrogens with two attached hydrogens (primary N) is 1. The quantitative estimate of drug-likeness (QED) is 0.157. The van der Waals surface area contributed by atoms with Gasteiger partial charge in [0, 0.05) is 6.54 Å². The number of rotatable bonds is 18. The number of unbranched alkanes of at least 4 members (excludes halogenated alkanes) is 5. The van der Waals surface area contributed by atoms with Gasteiger partial charge in [-0.05, 0) is 111 Å². The summed E-state index contributed by atoms with van der Waals surface area (Å²) in [5.74, 6) is 0. The number of hydrogen-bond donors (Lipinski definition) is 4. The average molecular weight is 449 g/mol. The van der Waals surface area contributed by atoms with Crippen molar-refractivity contribution in [3.8, 4) is 0 Å². The third-order valence-electron chi connectivity index (χ3n) is 6.41. The van der Waals surface area contributed by atoms with Gasteiger partial charge in [-0.25, -0.2) is 0 Å². The van der Waals surface area contributed by atoms with Crippen molar-refractivity contribution < 1.29 is 0 Å². The van der Waals surface area contributed by atoms with E-state index in [9.17, 15) is 0 Å². The van der Waals surface area contributed by atoms with E-state index < -0.39 is 0 Å². The van der Waals surface area contributed by atoms with Crippen molar-refractivity contribution in [1.82, 2.24) is 16.0 Å². The first-order valence-corrected chi connectivity index (χ1v) is 13.1. The molecule has 0 amide bonds. The highest BCUT2D eigenvalue weighted by Crippen LogP contribution is 2.28. The predicted octanol–water partition coefficient (Wildman–Crippen LogP) is 5.34. The highest BCUT2D eigenvalue weighted by atomic mass is 14.9. The molecule has 180 valence electrons. The summed E-state index contributed by atoms with van der Waals surface area (Å²) >= 11 is 0. The van der Waals surface area contributed by atoms with Gasteiger partial charge in [-0.1, -0.05) is 61.4 Å². The molecule has 33 heavy (non-hydrogen) atoms. The largest absolute Gasteiger partial charge is 0.330 e. The summed E-state index contributed by atoms with van der Waals surface area (Å²) in [5, 5.41) is 16.2. The zero-order valence-electron chi connectivity index (χ0n) is 20.4. The van der Waals surface area contributed by atoms with Gasteiger partial charge in [-0.2, -0.15) is 0 Å².